The molecule has 4 heteroatoms. The highest BCUT2D eigenvalue weighted by atomic mass is 32.2. The molecule has 0 bridgehead atoms. The predicted octanol–water partition coefficient (Wildman–Crippen LogP) is 2.93. The van der Waals surface area contributed by atoms with Crippen molar-refractivity contribution in [1.82, 2.24) is 0 Å². The van der Waals surface area contributed by atoms with E-state index in [1.807, 2.05) is 11.8 Å². The van der Waals surface area contributed by atoms with E-state index < -0.39 is 5.97 Å². The van der Waals surface area contributed by atoms with Gasteiger partial charge in [0.05, 0.1) is 12.5 Å². The summed E-state index contributed by atoms with van der Waals surface area (Å²) in [6.07, 6.45) is 7.85. The first-order valence-electron chi connectivity index (χ1n) is 6.50. The van der Waals surface area contributed by atoms with Crippen molar-refractivity contribution in [2.75, 3.05) is 12.9 Å². The Balaban J connectivity index is 1.72. The quantitative estimate of drug-likeness (QED) is 0.795. The van der Waals surface area contributed by atoms with Gasteiger partial charge in [-0.05, 0) is 49.7 Å². The molecule has 98 valence electrons. The van der Waals surface area contributed by atoms with Gasteiger partial charge < -0.3 is 9.84 Å². The van der Waals surface area contributed by atoms with E-state index in [2.05, 4.69) is 0 Å². The molecule has 2 saturated carbocycles. The molecule has 0 amide bonds. The van der Waals surface area contributed by atoms with Crippen molar-refractivity contribution in [2.45, 2.75) is 56.3 Å². The number of carboxylic acid groups (broad SMARTS) is 1. The molecule has 3 nitrogen and oxygen atoms in total. The summed E-state index contributed by atoms with van der Waals surface area (Å²) in [6, 6.07) is 0. The molecule has 1 N–H and O–H groups in total. The van der Waals surface area contributed by atoms with Crippen LogP contribution in [-0.4, -0.2) is 35.3 Å². The van der Waals surface area contributed by atoms with Crippen LogP contribution in [0.5, 0.6) is 0 Å². The molecule has 0 saturated heterocycles. The number of hydrogen-bond acceptors (Lipinski definition) is 3. The molecule has 0 aromatic carbocycles. The Morgan fingerprint density at radius 2 is 2.24 bits per heavy atom. The Bertz CT molecular complexity index is 276. The average Bonchev–Trinajstić information content (AvgIpc) is 3.06. The van der Waals surface area contributed by atoms with E-state index in [4.69, 9.17) is 9.84 Å². The smallest absolute Gasteiger partial charge is 0.303 e. The summed E-state index contributed by atoms with van der Waals surface area (Å²) in [5, 5.41) is 9.56. The maximum Gasteiger partial charge on any atom is 0.303 e. The molecule has 2 aliphatic rings. The Kier molecular flexibility index (Phi) is 4.36. The predicted molar refractivity (Wildman–Crippen MR) is 69.4 cm³/mol. The van der Waals surface area contributed by atoms with Crippen molar-refractivity contribution >= 4 is 17.7 Å². The number of ether oxygens (including phenoxy) is 1. The Morgan fingerprint density at radius 1 is 1.47 bits per heavy atom. The summed E-state index contributed by atoms with van der Waals surface area (Å²) in [7, 11) is 1.80. The summed E-state index contributed by atoms with van der Waals surface area (Å²) in [6.45, 7) is 0. The standard InChI is InChI=1S/C13H22O3S/c1-16-10-3-2-4-11(7-10)17-9-13(5-6-13)8-12(14)15/h10-11H,2-9H2,1H3,(H,14,15). The number of hydrogen-bond donors (Lipinski definition) is 1. The third-order valence-corrected chi connectivity index (χ3v) is 5.70. The van der Waals surface area contributed by atoms with E-state index in [1.165, 1.54) is 19.3 Å². The molecule has 2 rings (SSSR count). The molecular weight excluding hydrogens is 236 g/mol. The zero-order valence-electron chi connectivity index (χ0n) is 10.5. The van der Waals surface area contributed by atoms with Gasteiger partial charge in [0.25, 0.3) is 0 Å². The van der Waals surface area contributed by atoms with Crippen molar-refractivity contribution in [3.8, 4) is 0 Å². The zero-order chi connectivity index (χ0) is 12.3. The second-order valence-electron chi connectivity index (χ2n) is 5.53. The van der Waals surface area contributed by atoms with E-state index in [9.17, 15) is 4.79 Å². The normalized spacial score (nSPS) is 31.1. The maximum atomic E-state index is 10.8. The van der Waals surface area contributed by atoms with Crippen LogP contribution in [0.2, 0.25) is 0 Å². The minimum atomic E-state index is -0.637. The molecule has 0 aliphatic heterocycles. The molecule has 2 atom stereocenters. The molecule has 0 aromatic rings. The zero-order valence-corrected chi connectivity index (χ0v) is 11.3. The first kappa shape index (κ1) is 13.2. The van der Waals surface area contributed by atoms with Crippen LogP contribution in [-0.2, 0) is 9.53 Å². The number of carboxylic acids is 1. The van der Waals surface area contributed by atoms with Crippen molar-refractivity contribution in [3.63, 3.8) is 0 Å². The molecule has 2 fully saturated rings. The molecule has 0 heterocycles. The lowest BCUT2D eigenvalue weighted by atomic mass is 9.97. The van der Waals surface area contributed by atoms with Gasteiger partial charge in [0.15, 0.2) is 0 Å². The van der Waals surface area contributed by atoms with E-state index in [1.54, 1.807) is 7.11 Å². The van der Waals surface area contributed by atoms with E-state index >= 15 is 0 Å². The monoisotopic (exact) mass is 258 g/mol. The van der Waals surface area contributed by atoms with Gasteiger partial charge in [-0.25, -0.2) is 0 Å². The molecule has 0 aromatic heterocycles. The van der Waals surface area contributed by atoms with Crippen LogP contribution < -0.4 is 0 Å². The van der Waals surface area contributed by atoms with Gasteiger partial charge in [0, 0.05) is 12.4 Å². The summed E-state index contributed by atoms with van der Waals surface area (Å²) in [4.78, 5) is 10.8. The van der Waals surface area contributed by atoms with E-state index in [-0.39, 0.29) is 5.41 Å². The van der Waals surface area contributed by atoms with Crippen LogP contribution in [0.3, 0.4) is 0 Å². The van der Waals surface area contributed by atoms with Crippen molar-refractivity contribution < 1.29 is 14.6 Å². The van der Waals surface area contributed by atoms with Crippen LogP contribution in [0.4, 0.5) is 0 Å². The number of carbonyl (C=O) groups is 1. The van der Waals surface area contributed by atoms with E-state index in [0.29, 0.717) is 17.8 Å². The van der Waals surface area contributed by atoms with Crippen molar-refractivity contribution in [1.29, 1.82) is 0 Å². The number of methoxy groups -OCH3 is 1. The molecule has 0 spiro atoms. The summed E-state index contributed by atoms with van der Waals surface area (Å²) >= 11 is 1.98. The average molecular weight is 258 g/mol. The minimum absolute atomic E-state index is 0.135. The second-order valence-corrected chi connectivity index (χ2v) is 6.82. The number of thioether (sulfide) groups is 1. The number of aliphatic carboxylic acids is 1. The second kappa shape index (κ2) is 5.61. The summed E-state index contributed by atoms with van der Waals surface area (Å²) < 4.78 is 5.43. The largest absolute Gasteiger partial charge is 0.481 e. The molecule has 2 aliphatic carbocycles. The van der Waals surface area contributed by atoms with Crippen LogP contribution in [0, 0.1) is 5.41 Å². The third-order valence-electron chi connectivity index (χ3n) is 4.02. The van der Waals surface area contributed by atoms with Gasteiger partial charge in [-0.1, -0.05) is 0 Å². The molecule has 0 radical (unpaired) electrons. The van der Waals surface area contributed by atoms with Crippen LogP contribution in [0.25, 0.3) is 0 Å². The van der Waals surface area contributed by atoms with Crippen molar-refractivity contribution in [2.24, 2.45) is 5.41 Å². The first-order valence-corrected chi connectivity index (χ1v) is 7.55. The lowest BCUT2D eigenvalue weighted by Crippen LogP contribution is -2.24. The highest BCUT2D eigenvalue weighted by molar-refractivity contribution is 7.99. The van der Waals surface area contributed by atoms with Gasteiger partial charge in [0.1, 0.15) is 0 Å². The highest BCUT2D eigenvalue weighted by Gasteiger charge is 2.44. The molecular formula is C13H22O3S. The highest BCUT2D eigenvalue weighted by Crippen LogP contribution is 2.52. The molecule has 2 unspecified atom stereocenters. The third kappa shape index (κ3) is 3.88. The van der Waals surface area contributed by atoms with Gasteiger partial charge in [-0.15, -0.1) is 0 Å². The van der Waals surface area contributed by atoms with Gasteiger partial charge in [-0.2, -0.15) is 11.8 Å². The fraction of sp³-hybridized carbons (Fsp3) is 0.923. The Morgan fingerprint density at radius 3 is 2.82 bits per heavy atom. The fourth-order valence-electron chi connectivity index (χ4n) is 2.63. The lowest BCUT2D eigenvalue weighted by Gasteiger charge is -2.28. The fourth-order valence-corrected chi connectivity index (χ4v) is 4.30. The van der Waals surface area contributed by atoms with E-state index in [0.717, 1.165) is 25.0 Å². The molecule has 17 heavy (non-hydrogen) atoms. The van der Waals surface area contributed by atoms with Crippen LogP contribution in [0.1, 0.15) is 44.9 Å². The number of rotatable bonds is 6. The van der Waals surface area contributed by atoms with Crippen LogP contribution >= 0.6 is 11.8 Å². The van der Waals surface area contributed by atoms with Crippen LogP contribution in [0.15, 0.2) is 0 Å². The lowest BCUT2D eigenvalue weighted by molar-refractivity contribution is -0.138. The maximum absolute atomic E-state index is 10.8. The SMILES string of the molecule is COC1CCCC(SCC2(CC(=O)O)CC2)C1. The Hall–Kier alpha value is -0.220. The minimum Gasteiger partial charge on any atom is -0.481 e. The van der Waals surface area contributed by atoms with Crippen molar-refractivity contribution in [3.05, 3.63) is 0 Å². The summed E-state index contributed by atoms with van der Waals surface area (Å²) in [5.41, 5.74) is 0.135. The summed E-state index contributed by atoms with van der Waals surface area (Å²) in [5.74, 6) is 0.391. The van der Waals surface area contributed by atoms with Gasteiger partial charge >= 0.3 is 5.97 Å². The topological polar surface area (TPSA) is 46.5 Å². The van der Waals surface area contributed by atoms with Gasteiger partial charge in [-0.3, -0.25) is 4.79 Å². The Labute approximate surface area is 107 Å². The first-order chi connectivity index (χ1) is 8.13. The van der Waals surface area contributed by atoms with Gasteiger partial charge in [0.2, 0.25) is 0 Å².